The molecule has 3 heteroatoms. The van der Waals surface area contributed by atoms with Gasteiger partial charge in [0.05, 0.1) is 6.61 Å². The Morgan fingerprint density at radius 3 is 2.50 bits per heavy atom. The number of carbonyl (C=O) groups excluding carboxylic acids is 1. The van der Waals surface area contributed by atoms with Crippen LogP contribution in [0.1, 0.15) is 44.1 Å². The summed E-state index contributed by atoms with van der Waals surface area (Å²) >= 11 is 0. The van der Waals surface area contributed by atoms with Crippen molar-refractivity contribution >= 4 is 5.91 Å². The van der Waals surface area contributed by atoms with E-state index in [0.29, 0.717) is 13.0 Å². The zero-order valence-corrected chi connectivity index (χ0v) is 12.1. The Bertz CT molecular complexity index is 410. The minimum Gasteiger partial charge on any atom is -0.396 e. The first kappa shape index (κ1) is 15.0. The van der Waals surface area contributed by atoms with Crippen LogP contribution in [0.5, 0.6) is 0 Å². The second-order valence-corrected chi connectivity index (χ2v) is 5.98. The van der Waals surface area contributed by atoms with Crippen LogP contribution in [0.2, 0.25) is 0 Å². The summed E-state index contributed by atoms with van der Waals surface area (Å²) in [6.45, 7) is 0.809. The van der Waals surface area contributed by atoms with E-state index in [2.05, 4.69) is 5.32 Å². The van der Waals surface area contributed by atoms with Crippen molar-refractivity contribution in [3.63, 3.8) is 0 Å². The number of amides is 1. The minimum absolute atomic E-state index is 0.0688. The maximum absolute atomic E-state index is 11.9. The first-order valence-corrected chi connectivity index (χ1v) is 7.66. The highest BCUT2D eigenvalue weighted by atomic mass is 16.3. The Morgan fingerprint density at radius 1 is 1.15 bits per heavy atom. The fourth-order valence-corrected chi connectivity index (χ4v) is 2.97. The monoisotopic (exact) mass is 275 g/mol. The van der Waals surface area contributed by atoms with Gasteiger partial charge in [0.2, 0.25) is 5.91 Å². The second-order valence-electron chi connectivity index (χ2n) is 5.98. The van der Waals surface area contributed by atoms with E-state index in [1.54, 1.807) is 0 Å². The number of carbonyl (C=O) groups is 1. The molecule has 20 heavy (non-hydrogen) atoms. The summed E-state index contributed by atoms with van der Waals surface area (Å²) < 4.78 is 0. The van der Waals surface area contributed by atoms with Gasteiger partial charge in [-0.25, -0.2) is 0 Å². The standard InChI is InChI=1S/C17H25NO2/c19-14-17(11-5-2-6-12-17)13-18-16(20)10-9-15-7-3-1-4-8-15/h1,3-4,7-8,19H,2,5-6,9-14H2,(H,18,20). The molecule has 0 aromatic heterocycles. The molecule has 0 aliphatic heterocycles. The minimum atomic E-state index is -0.0688. The molecule has 1 aliphatic rings. The predicted octanol–water partition coefficient (Wildman–Crippen LogP) is 2.68. The zero-order chi connectivity index (χ0) is 14.3. The van der Waals surface area contributed by atoms with Gasteiger partial charge in [-0.05, 0) is 24.8 Å². The largest absolute Gasteiger partial charge is 0.396 e. The molecule has 0 unspecified atom stereocenters. The number of aliphatic hydroxyl groups excluding tert-OH is 1. The smallest absolute Gasteiger partial charge is 0.220 e. The summed E-state index contributed by atoms with van der Waals surface area (Å²) in [5, 5.41) is 12.6. The van der Waals surface area contributed by atoms with Crippen LogP contribution in [0.25, 0.3) is 0 Å². The highest BCUT2D eigenvalue weighted by molar-refractivity contribution is 5.76. The van der Waals surface area contributed by atoms with Gasteiger partial charge in [-0.2, -0.15) is 0 Å². The Kier molecular flexibility index (Phi) is 5.60. The van der Waals surface area contributed by atoms with Gasteiger partial charge in [-0.15, -0.1) is 0 Å². The molecule has 2 rings (SSSR count). The summed E-state index contributed by atoms with van der Waals surface area (Å²) in [6, 6.07) is 10.1. The topological polar surface area (TPSA) is 49.3 Å². The number of aliphatic hydroxyl groups is 1. The summed E-state index contributed by atoms with van der Waals surface area (Å²) in [5.74, 6) is 0.0900. The third-order valence-corrected chi connectivity index (χ3v) is 4.39. The fraction of sp³-hybridized carbons (Fsp3) is 0.588. The molecule has 1 amide bonds. The van der Waals surface area contributed by atoms with Gasteiger partial charge < -0.3 is 10.4 Å². The van der Waals surface area contributed by atoms with E-state index in [4.69, 9.17) is 0 Å². The normalized spacial score (nSPS) is 17.6. The third kappa shape index (κ3) is 4.34. The van der Waals surface area contributed by atoms with E-state index in [9.17, 15) is 9.90 Å². The van der Waals surface area contributed by atoms with Crippen molar-refractivity contribution in [3.05, 3.63) is 35.9 Å². The lowest BCUT2D eigenvalue weighted by molar-refractivity contribution is -0.121. The van der Waals surface area contributed by atoms with E-state index in [1.807, 2.05) is 30.3 Å². The van der Waals surface area contributed by atoms with E-state index in [-0.39, 0.29) is 17.9 Å². The average molecular weight is 275 g/mol. The van der Waals surface area contributed by atoms with Crippen LogP contribution in [0.15, 0.2) is 30.3 Å². The van der Waals surface area contributed by atoms with Crippen molar-refractivity contribution in [3.8, 4) is 0 Å². The lowest BCUT2D eigenvalue weighted by Gasteiger charge is -2.35. The van der Waals surface area contributed by atoms with E-state index >= 15 is 0 Å². The van der Waals surface area contributed by atoms with Crippen molar-refractivity contribution in [2.75, 3.05) is 13.2 Å². The molecule has 0 saturated heterocycles. The Hall–Kier alpha value is -1.35. The van der Waals surface area contributed by atoms with Crippen LogP contribution in [-0.2, 0) is 11.2 Å². The van der Waals surface area contributed by atoms with Gasteiger partial charge in [0, 0.05) is 18.4 Å². The molecular formula is C17H25NO2. The van der Waals surface area contributed by atoms with E-state index < -0.39 is 0 Å². The molecule has 2 N–H and O–H groups in total. The molecule has 0 spiro atoms. The molecule has 1 aliphatic carbocycles. The molecule has 0 radical (unpaired) electrons. The van der Waals surface area contributed by atoms with Crippen LogP contribution < -0.4 is 5.32 Å². The van der Waals surface area contributed by atoms with Crippen molar-refractivity contribution < 1.29 is 9.90 Å². The molecule has 0 bridgehead atoms. The highest BCUT2D eigenvalue weighted by Crippen LogP contribution is 2.35. The SMILES string of the molecule is O=C(CCc1ccccc1)NCC1(CO)CCCCC1. The fourth-order valence-electron chi connectivity index (χ4n) is 2.97. The first-order chi connectivity index (χ1) is 9.74. The number of benzene rings is 1. The summed E-state index contributed by atoms with van der Waals surface area (Å²) in [6.07, 6.45) is 6.94. The van der Waals surface area contributed by atoms with Gasteiger partial charge in [0.15, 0.2) is 0 Å². The quantitative estimate of drug-likeness (QED) is 0.838. The van der Waals surface area contributed by atoms with Crippen LogP contribution in [-0.4, -0.2) is 24.2 Å². The summed E-state index contributed by atoms with van der Waals surface area (Å²) in [4.78, 5) is 11.9. The summed E-state index contributed by atoms with van der Waals surface area (Å²) in [7, 11) is 0. The Balaban J connectivity index is 1.74. The third-order valence-electron chi connectivity index (χ3n) is 4.39. The molecule has 3 nitrogen and oxygen atoms in total. The van der Waals surface area contributed by atoms with Gasteiger partial charge in [-0.3, -0.25) is 4.79 Å². The van der Waals surface area contributed by atoms with Crippen molar-refractivity contribution in [1.29, 1.82) is 0 Å². The van der Waals surface area contributed by atoms with Crippen molar-refractivity contribution in [2.45, 2.75) is 44.9 Å². The van der Waals surface area contributed by atoms with Crippen molar-refractivity contribution in [2.24, 2.45) is 5.41 Å². The molecule has 1 aromatic rings. The zero-order valence-electron chi connectivity index (χ0n) is 12.1. The molecule has 0 atom stereocenters. The van der Waals surface area contributed by atoms with Crippen LogP contribution in [0, 0.1) is 5.41 Å². The maximum atomic E-state index is 11.9. The van der Waals surface area contributed by atoms with Gasteiger partial charge in [0.25, 0.3) is 0 Å². The average Bonchev–Trinajstić information content (AvgIpc) is 2.53. The number of rotatable bonds is 6. The van der Waals surface area contributed by atoms with Crippen molar-refractivity contribution in [1.82, 2.24) is 5.32 Å². The summed E-state index contributed by atoms with van der Waals surface area (Å²) in [5.41, 5.74) is 1.12. The van der Waals surface area contributed by atoms with Crippen LogP contribution in [0.4, 0.5) is 0 Å². The Morgan fingerprint density at radius 2 is 1.85 bits per heavy atom. The van der Waals surface area contributed by atoms with E-state index in [0.717, 1.165) is 19.3 Å². The van der Waals surface area contributed by atoms with Gasteiger partial charge in [-0.1, -0.05) is 49.6 Å². The molecule has 1 fully saturated rings. The lowest BCUT2D eigenvalue weighted by atomic mass is 9.74. The van der Waals surface area contributed by atoms with Crippen LogP contribution in [0.3, 0.4) is 0 Å². The number of hydrogen-bond acceptors (Lipinski definition) is 2. The molecule has 1 saturated carbocycles. The highest BCUT2D eigenvalue weighted by Gasteiger charge is 2.31. The van der Waals surface area contributed by atoms with E-state index in [1.165, 1.54) is 24.8 Å². The molecule has 110 valence electrons. The van der Waals surface area contributed by atoms with Gasteiger partial charge in [0.1, 0.15) is 0 Å². The predicted molar refractivity (Wildman–Crippen MR) is 80.4 cm³/mol. The maximum Gasteiger partial charge on any atom is 0.220 e. The van der Waals surface area contributed by atoms with Gasteiger partial charge >= 0.3 is 0 Å². The van der Waals surface area contributed by atoms with Crippen LogP contribution >= 0.6 is 0 Å². The molecule has 1 aromatic carbocycles. The lowest BCUT2D eigenvalue weighted by Crippen LogP contribution is -2.41. The number of aryl methyl sites for hydroxylation is 1. The molecule has 0 heterocycles. The number of hydrogen-bond donors (Lipinski definition) is 2. The number of nitrogens with one attached hydrogen (secondary N) is 1. The Labute approximate surface area is 121 Å². The second kappa shape index (κ2) is 7.44. The molecular weight excluding hydrogens is 250 g/mol. The first-order valence-electron chi connectivity index (χ1n) is 7.66.